The summed E-state index contributed by atoms with van der Waals surface area (Å²) in [5.41, 5.74) is 15.7. The zero-order valence-electron chi connectivity index (χ0n) is 26.2. The summed E-state index contributed by atoms with van der Waals surface area (Å²) in [5.74, 6) is 0. The summed E-state index contributed by atoms with van der Waals surface area (Å²) in [6.07, 6.45) is 8.57. The van der Waals surface area contributed by atoms with Crippen LogP contribution in [-0.2, 0) is 6.42 Å². The average Bonchev–Trinajstić information content (AvgIpc) is 3.48. The number of allylic oxidation sites excluding steroid dienone is 1. The van der Waals surface area contributed by atoms with Crippen LogP contribution in [0.5, 0.6) is 0 Å². The number of hydrogen-bond acceptors (Lipinski definition) is 3. The van der Waals surface area contributed by atoms with Crippen molar-refractivity contribution in [3.05, 3.63) is 137 Å². The smallest absolute Gasteiger partial charge is 0.0979 e. The van der Waals surface area contributed by atoms with E-state index in [1.54, 1.807) is 0 Å². The molecule has 0 unspecified atom stereocenters. The summed E-state index contributed by atoms with van der Waals surface area (Å²) in [6.45, 7) is 6.66. The fraction of sp³-hybridized carbons (Fsp3) is 0.116. The standard InChI is InChI=1S/C43H32N2S/c1-25-21-26(2)39(27(3)22-25)37-20-10-19-36-35-18-9-17-30(42(35)46-43(36)37)28-11-8-12-29(23-28)38-24-44-40-33-15-6-4-13-31(33)32-14-5-7-16-34(32)41(40)45-38/h5-12,14-24H,4,13H2,1-3H3. The van der Waals surface area contributed by atoms with Crippen molar-refractivity contribution in [1.29, 1.82) is 0 Å². The first-order valence-electron chi connectivity index (χ1n) is 16.1. The van der Waals surface area contributed by atoms with Gasteiger partial charge < -0.3 is 0 Å². The Balaban J connectivity index is 1.21. The third-order valence-corrected chi connectivity index (χ3v) is 10.9. The molecule has 0 atom stereocenters. The minimum Gasteiger partial charge on any atom is -0.252 e. The van der Waals surface area contributed by atoms with Gasteiger partial charge in [-0.3, -0.25) is 4.98 Å². The lowest BCUT2D eigenvalue weighted by molar-refractivity contribution is 0.998. The van der Waals surface area contributed by atoms with Crippen molar-refractivity contribution in [2.24, 2.45) is 0 Å². The van der Waals surface area contributed by atoms with E-state index in [1.807, 2.05) is 17.5 Å². The molecule has 8 aromatic rings. The predicted molar refractivity (Wildman–Crippen MR) is 198 cm³/mol. The quantitative estimate of drug-likeness (QED) is 0.187. The summed E-state index contributed by atoms with van der Waals surface area (Å²) >= 11 is 1.91. The first-order chi connectivity index (χ1) is 22.5. The van der Waals surface area contributed by atoms with Gasteiger partial charge in [0.1, 0.15) is 0 Å². The number of aromatic nitrogens is 2. The molecule has 6 aromatic carbocycles. The first-order valence-corrected chi connectivity index (χ1v) is 16.9. The molecule has 3 heteroatoms. The largest absolute Gasteiger partial charge is 0.252 e. The maximum Gasteiger partial charge on any atom is 0.0979 e. The topological polar surface area (TPSA) is 25.8 Å². The van der Waals surface area contributed by atoms with E-state index in [1.165, 1.54) is 81.0 Å². The van der Waals surface area contributed by atoms with Crippen LogP contribution in [0.25, 0.3) is 81.6 Å². The molecule has 1 aliphatic carbocycles. The van der Waals surface area contributed by atoms with Crippen molar-refractivity contribution >= 4 is 59.4 Å². The van der Waals surface area contributed by atoms with Gasteiger partial charge in [0.2, 0.25) is 0 Å². The van der Waals surface area contributed by atoms with Gasteiger partial charge in [0.15, 0.2) is 0 Å². The average molecular weight is 609 g/mol. The SMILES string of the molecule is Cc1cc(C)c(-c2cccc3c2sc2c(-c4cccc(-c5cnc6c7c(c8ccccc8c6n5)CCC=C7)c4)cccc23)c(C)c1. The van der Waals surface area contributed by atoms with E-state index < -0.39 is 0 Å². The van der Waals surface area contributed by atoms with Crippen LogP contribution in [0.1, 0.15) is 34.2 Å². The molecule has 2 heterocycles. The van der Waals surface area contributed by atoms with E-state index in [9.17, 15) is 0 Å². The molecule has 9 rings (SSSR count). The first kappa shape index (κ1) is 27.2. The Bertz CT molecular complexity index is 2550. The molecule has 0 bridgehead atoms. The zero-order chi connectivity index (χ0) is 30.9. The zero-order valence-corrected chi connectivity index (χ0v) is 27.0. The Morgan fingerprint density at radius 3 is 2.11 bits per heavy atom. The minimum atomic E-state index is 0.898. The molecule has 0 aliphatic heterocycles. The number of aryl methyl sites for hydroxylation is 4. The molecule has 0 amide bonds. The maximum absolute atomic E-state index is 5.29. The fourth-order valence-electron chi connectivity index (χ4n) is 7.73. The molecular formula is C43H32N2S. The summed E-state index contributed by atoms with van der Waals surface area (Å²) < 4.78 is 2.67. The van der Waals surface area contributed by atoms with Gasteiger partial charge in [-0.2, -0.15) is 0 Å². The highest BCUT2D eigenvalue weighted by molar-refractivity contribution is 7.26. The van der Waals surface area contributed by atoms with Crippen molar-refractivity contribution in [3.8, 4) is 33.5 Å². The van der Waals surface area contributed by atoms with Crippen molar-refractivity contribution in [3.63, 3.8) is 0 Å². The van der Waals surface area contributed by atoms with Gasteiger partial charge in [-0.1, -0.05) is 109 Å². The van der Waals surface area contributed by atoms with E-state index in [0.717, 1.165) is 35.1 Å². The number of thiophene rings is 1. The molecule has 0 spiro atoms. The van der Waals surface area contributed by atoms with Crippen LogP contribution in [-0.4, -0.2) is 9.97 Å². The van der Waals surface area contributed by atoms with Gasteiger partial charge in [0.25, 0.3) is 0 Å². The van der Waals surface area contributed by atoms with Crippen LogP contribution in [0, 0.1) is 20.8 Å². The predicted octanol–water partition coefficient (Wildman–Crippen LogP) is 12.0. The Kier molecular flexibility index (Phi) is 6.19. The second-order valence-electron chi connectivity index (χ2n) is 12.7. The molecule has 0 saturated heterocycles. The van der Waals surface area contributed by atoms with E-state index in [4.69, 9.17) is 9.97 Å². The molecule has 1 aliphatic rings. The second-order valence-corrected chi connectivity index (χ2v) is 13.7. The Labute approximate surface area is 272 Å². The lowest BCUT2D eigenvalue weighted by Crippen LogP contribution is -2.00. The lowest BCUT2D eigenvalue weighted by atomic mass is 9.90. The third kappa shape index (κ3) is 4.15. The molecule has 2 aromatic heterocycles. The van der Waals surface area contributed by atoms with Crippen molar-refractivity contribution in [1.82, 2.24) is 9.97 Å². The highest BCUT2D eigenvalue weighted by atomic mass is 32.1. The normalized spacial score (nSPS) is 12.8. The number of rotatable bonds is 3. The van der Waals surface area contributed by atoms with Crippen LogP contribution >= 0.6 is 11.3 Å². The molecule has 0 fully saturated rings. The fourth-order valence-corrected chi connectivity index (χ4v) is 9.08. The highest BCUT2D eigenvalue weighted by Crippen LogP contribution is 2.45. The van der Waals surface area contributed by atoms with Crippen LogP contribution in [0.2, 0.25) is 0 Å². The van der Waals surface area contributed by atoms with Crippen LogP contribution in [0.15, 0.2) is 109 Å². The van der Waals surface area contributed by atoms with Gasteiger partial charge in [0, 0.05) is 42.2 Å². The van der Waals surface area contributed by atoms with E-state index in [-0.39, 0.29) is 0 Å². The second kappa shape index (κ2) is 10.5. The summed E-state index contributed by atoms with van der Waals surface area (Å²) in [6, 6.07) is 35.6. The molecule has 220 valence electrons. The molecule has 46 heavy (non-hydrogen) atoms. The monoisotopic (exact) mass is 608 g/mol. The van der Waals surface area contributed by atoms with Crippen molar-refractivity contribution in [2.45, 2.75) is 33.6 Å². The maximum atomic E-state index is 5.29. The molecular weight excluding hydrogens is 577 g/mol. The van der Waals surface area contributed by atoms with E-state index >= 15 is 0 Å². The molecule has 2 nitrogen and oxygen atoms in total. The summed E-state index contributed by atoms with van der Waals surface area (Å²) in [4.78, 5) is 10.3. The van der Waals surface area contributed by atoms with Gasteiger partial charge >= 0.3 is 0 Å². The van der Waals surface area contributed by atoms with Gasteiger partial charge in [-0.05, 0) is 78.4 Å². The Morgan fingerprint density at radius 2 is 1.30 bits per heavy atom. The van der Waals surface area contributed by atoms with Gasteiger partial charge in [-0.15, -0.1) is 11.3 Å². The number of benzene rings is 6. The molecule has 0 radical (unpaired) electrons. The van der Waals surface area contributed by atoms with E-state index in [0.29, 0.717) is 0 Å². The van der Waals surface area contributed by atoms with Gasteiger partial charge in [0.05, 0.1) is 22.9 Å². The summed E-state index contributed by atoms with van der Waals surface area (Å²) in [7, 11) is 0. The number of hydrogen-bond donors (Lipinski definition) is 0. The number of fused-ring (bicyclic) bond motifs is 9. The van der Waals surface area contributed by atoms with E-state index in [2.05, 4.69) is 130 Å². The Morgan fingerprint density at radius 1 is 0.630 bits per heavy atom. The van der Waals surface area contributed by atoms with Crippen LogP contribution < -0.4 is 0 Å². The third-order valence-electron chi connectivity index (χ3n) is 9.65. The molecule has 0 N–H and O–H groups in total. The molecule has 0 saturated carbocycles. The van der Waals surface area contributed by atoms with Crippen molar-refractivity contribution < 1.29 is 0 Å². The van der Waals surface area contributed by atoms with Crippen LogP contribution in [0.4, 0.5) is 0 Å². The number of nitrogens with zero attached hydrogens (tertiary/aromatic N) is 2. The lowest BCUT2D eigenvalue weighted by Gasteiger charge is -2.17. The summed E-state index contributed by atoms with van der Waals surface area (Å²) in [5, 5.41) is 5.10. The van der Waals surface area contributed by atoms with Crippen LogP contribution in [0.3, 0.4) is 0 Å². The minimum absolute atomic E-state index is 0.898. The Hall–Kier alpha value is -5.12. The van der Waals surface area contributed by atoms with Crippen molar-refractivity contribution in [2.75, 3.05) is 0 Å². The van der Waals surface area contributed by atoms with Gasteiger partial charge in [-0.25, -0.2) is 4.98 Å². The highest BCUT2D eigenvalue weighted by Gasteiger charge is 2.19.